The normalized spacial score (nSPS) is 22.8. The van der Waals surface area contributed by atoms with E-state index >= 15 is 0 Å². The van der Waals surface area contributed by atoms with Crippen LogP contribution in [0.25, 0.3) is 0 Å². The summed E-state index contributed by atoms with van der Waals surface area (Å²) in [7, 11) is -3.56. The van der Waals surface area contributed by atoms with E-state index in [9.17, 15) is 13.2 Å². The highest BCUT2D eigenvalue weighted by Crippen LogP contribution is 2.23. The number of carbonyl (C=O) groups is 1. The van der Waals surface area contributed by atoms with Gasteiger partial charge < -0.3 is 5.32 Å². The van der Waals surface area contributed by atoms with E-state index in [1.807, 2.05) is 6.92 Å². The van der Waals surface area contributed by atoms with Crippen molar-refractivity contribution in [1.29, 1.82) is 0 Å². The van der Waals surface area contributed by atoms with E-state index in [4.69, 9.17) is 0 Å². The molecule has 0 heterocycles. The lowest BCUT2D eigenvalue weighted by Crippen LogP contribution is -2.43. The smallest absolute Gasteiger partial charge is 0.235 e. The molecule has 4 nitrogen and oxygen atoms in total. The molecule has 116 valence electrons. The maximum Gasteiger partial charge on any atom is 0.235 e. The van der Waals surface area contributed by atoms with E-state index in [2.05, 4.69) is 12.2 Å². The Kier molecular flexibility index (Phi) is 5.04. The summed E-state index contributed by atoms with van der Waals surface area (Å²) in [4.78, 5) is 12.2. The molecule has 1 aromatic carbocycles. The predicted octanol–water partition coefficient (Wildman–Crippen LogP) is 2.46. The van der Waals surface area contributed by atoms with Crippen molar-refractivity contribution >= 4 is 15.7 Å². The molecule has 0 bridgehead atoms. The van der Waals surface area contributed by atoms with Crippen molar-refractivity contribution in [3.05, 3.63) is 29.8 Å². The Balaban J connectivity index is 1.99. The average Bonchev–Trinajstić information content (AvgIpc) is 2.41. The molecule has 5 heteroatoms. The SMILES string of the molecule is Cc1ccc(S(=O)(=O)CC(=O)NC2CCCCC2C)cc1. The van der Waals surface area contributed by atoms with Gasteiger partial charge in [-0.25, -0.2) is 8.42 Å². The molecule has 0 aromatic heterocycles. The van der Waals surface area contributed by atoms with Gasteiger partial charge in [0.25, 0.3) is 0 Å². The molecule has 1 saturated carbocycles. The third-order valence-corrected chi connectivity index (χ3v) is 5.79. The Labute approximate surface area is 126 Å². The Morgan fingerprint density at radius 1 is 1.19 bits per heavy atom. The van der Waals surface area contributed by atoms with Crippen molar-refractivity contribution in [3.8, 4) is 0 Å². The summed E-state index contributed by atoms with van der Waals surface area (Å²) in [5.74, 6) is -0.446. The lowest BCUT2D eigenvalue weighted by atomic mass is 9.86. The molecule has 0 saturated heterocycles. The highest BCUT2D eigenvalue weighted by molar-refractivity contribution is 7.92. The fourth-order valence-corrected chi connectivity index (χ4v) is 3.93. The first-order chi connectivity index (χ1) is 9.88. The molecule has 2 rings (SSSR count). The van der Waals surface area contributed by atoms with Gasteiger partial charge in [-0.15, -0.1) is 0 Å². The van der Waals surface area contributed by atoms with E-state index in [0.717, 1.165) is 24.8 Å². The zero-order valence-corrected chi connectivity index (χ0v) is 13.4. The summed E-state index contributed by atoms with van der Waals surface area (Å²) in [5, 5.41) is 2.89. The van der Waals surface area contributed by atoms with Crippen molar-refractivity contribution in [1.82, 2.24) is 5.32 Å². The molecule has 1 fully saturated rings. The fourth-order valence-electron chi connectivity index (χ4n) is 2.78. The molecule has 21 heavy (non-hydrogen) atoms. The summed E-state index contributed by atoms with van der Waals surface area (Å²) in [6.07, 6.45) is 4.32. The maximum atomic E-state index is 12.2. The van der Waals surface area contributed by atoms with Crippen molar-refractivity contribution in [3.63, 3.8) is 0 Å². The number of hydrogen-bond acceptors (Lipinski definition) is 3. The van der Waals surface area contributed by atoms with Gasteiger partial charge in [0.1, 0.15) is 5.75 Å². The third kappa shape index (κ3) is 4.30. The minimum absolute atomic E-state index is 0.111. The van der Waals surface area contributed by atoms with Gasteiger partial charge in [-0.3, -0.25) is 4.79 Å². The highest BCUT2D eigenvalue weighted by atomic mass is 32.2. The summed E-state index contributed by atoms with van der Waals surface area (Å²) in [6, 6.07) is 6.71. The topological polar surface area (TPSA) is 63.2 Å². The van der Waals surface area contributed by atoms with E-state index in [0.29, 0.717) is 5.92 Å². The van der Waals surface area contributed by atoms with Crippen molar-refractivity contribution in [2.24, 2.45) is 5.92 Å². The summed E-state index contributed by atoms with van der Waals surface area (Å²) in [6.45, 7) is 4.01. The maximum absolute atomic E-state index is 12.2. The van der Waals surface area contributed by atoms with Crippen LogP contribution in [0.15, 0.2) is 29.2 Å². The fraction of sp³-hybridized carbons (Fsp3) is 0.562. The first kappa shape index (κ1) is 16.0. The standard InChI is InChI=1S/C16H23NO3S/c1-12-7-9-14(10-8-12)21(19,20)11-16(18)17-15-6-4-3-5-13(15)2/h7-10,13,15H,3-6,11H2,1-2H3,(H,17,18). The number of rotatable bonds is 4. The van der Waals surface area contributed by atoms with Crippen LogP contribution < -0.4 is 5.32 Å². The second-order valence-electron chi connectivity index (χ2n) is 6.01. The number of carbonyl (C=O) groups excluding carboxylic acids is 1. The van der Waals surface area contributed by atoms with Crippen LogP contribution in [0.3, 0.4) is 0 Å². The van der Waals surface area contributed by atoms with Crippen LogP contribution in [0.2, 0.25) is 0 Å². The lowest BCUT2D eigenvalue weighted by Gasteiger charge is -2.29. The van der Waals surface area contributed by atoms with Crippen LogP contribution in [-0.4, -0.2) is 26.1 Å². The average molecular weight is 309 g/mol. The zero-order valence-electron chi connectivity index (χ0n) is 12.6. The largest absolute Gasteiger partial charge is 0.352 e. The van der Waals surface area contributed by atoms with Gasteiger partial charge in [-0.2, -0.15) is 0 Å². The van der Waals surface area contributed by atoms with Crippen molar-refractivity contribution < 1.29 is 13.2 Å². The van der Waals surface area contributed by atoms with Crippen LogP contribution in [0.4, 0.5) is 0 Å². The van der Waals surface area contributed by atoms with Gasteiger partial charge in [0, 0.05) is 6.04 Å². The molecule has 1 aliphatic rings. The Morgan fingerprint density at radius 3 is 2.43 bits per heavy atom. The van der Waals surface area contributed by atoms with Gasteiger partial charge >= 0.3 is 0 Å². The van der Waals surface area contributed by atoms with E-state index < -0.39 is 21.5 Å². The van der Waals surface area contributed by atoms with Gasteiger partial charge in [-0.05, 0) is 37.8 Å². The monoisotopic (exact) mass is 309 g/mol. The molecule has 1 aromatic rings. The molecule has 1 N–H and O–H groups in total. The molecule has 2 atom stereocenters. The molecule has 1 aliphatic carbocycles. The number of aryl methyl sites for hydroxylation is 1. The molecule has 2 unspecified atom stereocenters. The van der Waals surface area contributed by atoms with Gasteiger partial charge in [0.2, 0.25) is 5.91 Å². The number of hydrogen-bond donors (Lipinski definition) is 1. The Bertz CT molecular complexity index is 592. The second kappa shape index (κ2) is 6.60. The van der Waals surface area contributed by atoms with E-state index in [1.54, 1.807) is 24.3 Å². The molecular formula is C16H23NO3S. The quantitative estimate of drug-likeness (QED) is 0.929. The van der Waals surface area contributed by atoms with Crippen LogP contribution in [0, 0.1) is 12.8 Å². The molecule has 0 spiro atoms. The summed E-state index contributed by atoms with van der Waals surface area (Å²) >= 11 is 0. The number of amides is 1. The Hall–Kier alpha value is -1.36. The van der Waals surface area contributed by atoms with Crippen molar-refractivity contribution in [2.75, 3.05) is 5.75 Å². The van der Waals surface area contributed by atoms with Crippen LogP contribution in [0.5, 0.6) is 0 Å². The molecule has 1 amide bonds. The lowest BCUT2D eigenvalue weighted by molar-refractivity contribution is -0.119. The van der Waals surface area contributed by atoms with E-state index in [1.165, 1.54) is 6.42 Å². The van der Waals surface area contributed by atoms with Crippen LogP contribution in [0.1, 0.15) is 38.2 Å². The molecule has 0 radical (unpaired) electrons. The van der Waals surface area contributed by atoms with Gasteiger partial charge in [-0.1, -0.05) is 37.5 Å². The predicted molar refractivity (Wildman–Crippen MR) is 82.8 cm³/mol. The van der Waals surface area contributed by atoms with Gasteiger partial charge in [0.05, 0.1) is 4.90 Å². The highest BCUT2D eigenvalue weighted by Gasteiger charge is 2.25. The van der Waals surface area contributed by atoms with Crippen molar-refractivity contribution in [2.45, 2.75) is 50.5 Å². The van der Waals surface area contributed by atoms with Crippen LogP contribution in [-0.2, 0) is 14.6 Å². The minimum Gasteiger partial charge on any atom is -0.352 e. The second-order valence-corrected chi connectivity index (χ2v) is 8.00. The Morgan fingerprint density at radius 2 is 1.81 bits per heavy atom. The number of nitrogens with one attached hydrogen (secondary N) is 1. The zero-order chi connectivity index (χ0) is 15.5. The van der Waals surface area contributed by atoms with Gasteiger partial charge in [0.15, 0.2) is 9.84 Å². The minimum atomic E-state index is -3.56. The molecular weight excluding hydrogens is 286 g/mol. The first-order valence-electron chi connectivity index (χ1n) is 7.47. The third-order valence-electron chi connectivity index (χ3n) is 4.16. The number of benzene rings is 1. The first-order valence-corrected chi connectivity index (χ1v) is 9.12. The van der Waals surface area contributed by atoms with E-state index in [-0.39, 0.29) is 10.9 Å². The summed E-state index contributed by atoms with van der Waals surface area (Å²) < 4.78 is 24.4. The molecule has 0 aliphatic heterocycles. The summed E-state index contributed by atoms with van der Waals surface area (Å²) in [5.41, 5.74) is 0.995. The van der Waals surface area contributed by atoms with Crippen LogP contribution >= 0.6 is 0 Å². The number of sulfone groups is 1.